The Morgan fingerprint density at radius 3 is 2.39 bits per heavy atom. The third-order valence-electron chi connectivity index (χ3n) is 2.28. The quantitative estimate of drug-likeness (QED) is 0.729. The van der Waals surface area contributed by atoms with Crippen LogP contribution in [-0.2, 0) is 0 Å². The van der Waals surface area contributed by atoms with E-state index in [4.69, 9.17) is 11.5 Å². The van der Waals surface area contributed by atoms with Crippen LogP contribution < -0.4 is 16.8 Å². The molecule has 7 nitrogen and oxygen atoms in total. The monoisotopic (exact) mass is 245 g/mol. The van der Waals surface area contributed by atoms with Gasteiger partial charge in [-0.05, 0) is 12.1 Å². The van der Waals surface area contributed by atoms with Crippen molar-refractivity contribution in [2.24, 2.45) is 11.5 Å². The molecule has 0 radical (unpaired) electrons. The lowest BCUT2D eigenvalue weighted by molar-refractivity contribution is 0.100. The average molecular weight is 245 g/mol. The van der Waals surface area contributed by atoms with E-state index in [2.05, 4.69) is 10.4 Å². The summed E-state index contributed by atoms with van der Waals surface area (Å²) in [7, 11) is 0. The van der Waals surface area contributed by atoms with Crippen LogP contribution in [0.3, 0.4) is 0 Å². The predicted molar refractivity (Wildman–Crippen MR) is 65.3 cm³/mol. The van der Waals surface area contributed by atoms with E-state index in [1.807, 2.05) is 6.07 Å². The number of amides is 3. The van der Waals surface area contributed by atoms with Crippen molar-refractivity contribution in [3.8, 4) is 5.69 Å². The van der Waals surface area contributed by atoms with Gasteiger partial charge < -0.3 is 11.5 Å². The number of primary amides is 2. The van der Waals surface area contributed by atoms with Crippen molar-refractivity contribution in [1.29, 1.82) is 0 Å². The zero-order valence-electron chi connectivity index (χ0n) is 9.33. The first-order valence-corrected chi connectivity index (χ1v) is 5.09. The highest BCUT2D eigenvalue weighted by Gasteiger charge is 2.17. The first kappa shape index (κ1) is 11.6. The van der Waals surface area contributed by atoms with Gasteiger partial charge in [0.2, 0.25) is 0 Å². The molecule has 0 saturated carbocycles. The van der Waals surface area contributed by atoms with Crippen LogP contribution in [0, 0.1) is 0 Å². The third-order valence-corrected chi connectivity index (χ3v) is 2.28. The molecule has 0 atom stereocenters. The molecule has 1 heterocycles. The molecule has 2 aromatic rings. The van der Waals surface area contributed by atoms with E-state index < -0.39 is 11.9 Å². The normalized spacial score (nSPS) is 10.0. The zero-order valence-corrected chi connectivity index (χ0v) is 9.33. The molecular weight excluding hydrogens is 234 g/mol. The lowest BCUT2D eigenvalue weighted by atomic mass is 10.3. The molecule has 0 spiro atoms. The second-order valence-corrected chi connectivity index (χ2v) is 3.51. The van der Waals surface area contributed by atoms with Gasteiger partial charge in [0.05, 0.1) is 11.9 Å². The van der Waals surface area contributed by atoms with Crippen LogP contribution in [0.15, 0.2) is 36.5 Å². The molecular formula is C11H11N5O2. The van der Waals surface area contributed by atoms with Gasteiger partial charge in [-0.3, -0.25) is 10.1 Å². The molecule has 18 heavy (non-hydrogen) atoms. The Bertz CT molecular complexity index is 591. The van der Waals surface area contributed by atoms with Gasteiger partial charge in [-0.15, -0.1) is 0 Å². The molecule has 0 fully saturated rings. The van der Waals surface area contributed by atoms with E-state index >= 15 is 0 Å². The molecule has 1 aromatic carbocycles. The first-order chi connectivity index (χ1) is 8.59. The van der Waals surface area contributed by atoms with E-state index in [-0.39, 0.29) is 11.4 Å². The van der Waals surface area contributed by atoms with Crippen molar-refractivity contribution in [3.63, 3.8) is 0 Å². The smallest absolute Gasteiger partial charge is 0.317 e. The maximum absolute atomic E-state index is 11.2. The molecule has 0 aliphatic carbocycles. The summed E-state index contributed by atoms with van der Waals surface area (Å²) in [5.74, 6) is -0.540. The minimum absolute atomic E-state index is 0.0950. The molecule has 7 heteroatoms. The summed E-state index contributed by atoms with van der Waals surface area (Å²) in [5.41, 5.74) is 11.0. The first-order valence-electron chi connectivity index (χ1n) is 5.09. The highest BCUT2D eigenvalue weighted by molar-refractivity contribution is 6.01. The number of carbonyl (C=O) groups excluding carboxylic acids is 2. The molecule has 1 aromatic heterocycles. The summed E-state index contributed by atoms with van der Waals surface area (Å²) < 4.78 is 1.38. The fraction of sp³-hybridized carbons (Fsp3) is 0. The summed E-state index contributed by atoms with van der Waals surface area (Å²) in [6, 6.07) is 8.18. The molecule has 0 aliphatic heterocycles. The highest BCUT2D eigenvalue weighted by Crippen LogP contribution is 2.19. The highest BCUT2D eigenvalue weighted by atomic mass is 16.2. The Balaban J connectivity index is 2.54. The predicted octanol–water partition coefficient (Wildman–Crippen LogP) is 0.462. The maximum atomic E-state index is 11.2. The van der Waals surface area contributed by atoms with Gasteiger partial charge in [-0.1, -0.05) is 18.2 Å². The maximum Gasteiger partial charge on any atom is 0.317 e. The van der Waals surface area contributed by atoms with Crippen LogP contribution in [0.1, 0.15) is 10.4 Å². The molecule has 0 bridgehead atoms. The van der Waals surface area contributed by atoms with Crippen molar-refractivity contribution in [2.75, 3.05) is 5.32 Å². The zero-order chi connectivity index (χ0) is 13.1. The van der Waals surface area contributed by atoms with Crippen molar-refractivity contribution >= 4 is 17.8 Å². The number of hydrogen-bond donors (Lipinski definition) is 3. The number of nitrogens with zero attached hydrogens (tertiary/aromatic N) is 2. The number of nitrogens with two attached hydrogens (primary N) is 2. The second kappa shape index (κ2) is 4.58. The number of nitrogens with one attached hydrogen (secondary N) is 1. The Kier molecular flexibility index (Phi) is 2.96. The number of hydrogen-bond acceptors (Lipinski definition) is 3. The van der Waals surface area contributed by atoms with Gasteiger partial charge in [0, 0.05) is 0 Å². The number of carbonyl (C=O) groups is 2. The fourth-order valence-electron chi connectivity index (χ4n) is 1.53. The van der Waals surface area contributed by atoms with E-state index in [0.29, 0.717) is 5.69 Å². The van der Waals surface area contributed by atoms with Crippen molar-refractivity contribution < 1.29 is 9.59 Å². The van der Waals surface area contributed by atoms with E-state index in [9.17, 15) is 9.59 Å². The lowest BCUT2D eigenvalue weighted by Crippen LogP contribution is -2.24. The molecule has 0 unspecified atom stereocenters. The van der Waals surface area contributed by atoms with Crippen molar-refractivity contribution in [3.05, 3.63) is 42.1 Å². The van der Waals surface area contributed by atoms with E-state index in [1.165, 1.54) is 10.9 Å². The van der Waals surface area contributed by atoms with Crippen molar-refractivity contribution in [1.82, 2.24) is 9.78 Å². The molecule has 0 aliphatic rings. The van der Waals surface area contributed by atoms with Crippen LogP contribution in [0.2, 0.25) is 0 Å². The number of urea groups is 1. The number of anilines is 1. The fourth-order valence-corrected chi connectivity index (χ4v) is 1.53. The van der Waals surface area contributed by atoms with Crippen molar-refractivity contribution in [2.45, 2.75) is 0 Å². The summed E-state index contributed by atoms with van der Waals surface area (Å²) in [6.07, 6.45) is 1.28. The standard InChI is InChI=1S/C11H11N5O2/c12-9(17)8-6-14-16(10(8)15-11(13)18)7-4-2-1-3-5-7/h1-6H,(H2,12,17)(H3,13,15,18). The summed E-state index contributed by atoms with van der Waals surface area (Å²) >= 11 is 0. The lowest BCUT2D eigenvalue weighted by Gasteiger charge is -2.08. The number of benzene rings is 1. The van der Waals surface area contributed by atoms with Crippen LogP contribution in [-0.4, -0.2) is 21.7 Å². The minimum atomic E-state index is -0.796. The van der Waals surface area contributed by atoms with Gasteiger partial charge >= 0.3 is 6.03 Å². The summed E-state index contributed by atoms with van der Waals surface area (Å²) in [6.45, 7) is 0. The average Bonchev–Trinajstić information content (AvgIpc) is 2.73. The summed E-state index contributed by atoms with van der Waals surface area (Å²) in [4.78, 5) is 22.2. The SMILES string of the molecule is NC(=O)Nc1c(C(N)=O)cnn1-c1ccccc1. The number of para-hydroxylation sites is 1. The van der Waals surface area contributed by atoms with E-state index in [0.717, 1.165) is 0 Å². The molecule has 5 N–H and O–H groups in total. The van der Waals surface area contributed by atoms with Gasteiger partial charge in [0.25, 0.3) is 5.91 Å². The number of aromatic nitrogens is 2. The van der Waals surface area contributed by atoms with E-state index in [1.54, 1.807) is 24.3 Å². The molecule has 92 valence electrons. The summed E-state index contributed by atoms with van der Waals surface area (Å²) in [5, 5.41) is 6.35. The van der Waals surface area contributed by atoms with Gasteiger partial charge in [0.15, 0.2) is 5.82 Å². The Labute approximate surface area is 102 Å². The van der Waals surface area contributed by atoms with Crippen LogP contribution in [0.25, 0.3) is 5.69 Å². The molecule has 2 rings (SSSR count). The minimum Gasteiger partial charge on any atom is -0.365 e. The van der Waals surface area contributed by atoms with Crippen LogP contribution in [0.5, 0.6) is 0 Å². The van der Waals surface area contributed by atoms with Gasteiger partial charge in [-0.2, -0.15) is 5.10 Å². The Hall–Kier alpha value is -2.83. The number of rotatable bonds is 3. The Morgan fingerprint density at radius 2 is 1.83 bits per heavy atom. The molecule has 3 amide bonds. The Morgan fingerprint density at radius 1 is 1.17 bits per heavy atom. The molecule has 0 saturated heterocycles. The topological polar surface area (TPSA) is 116 Å². The third kappa shape index (κ3) is 2.14. The largest absolute Gasteiger partial charge is 0.365 e. The second-order valence-electron chi connectivity index (χ2n) is 3.51. The van der Waals surface area contributed by atoms with Gasteiger partial charge in [0.1, 0.15) is 5.56 Å². The van der Waals surface area contributed by atoms with Crippen LogP contribution >= 0.6 is 0 Å². The van der Waals surface area contributed by atoms with Crippen LogP contribution in [0.4, 0.5) is 10.6 Å². The van der Waals surface area contributed by atoms with Gasteiger partial charge in [-0.25, -0.2) is 9.48 Å².